The van der Waals surface area contributed by atoms with Crippen molar-refractivity contribution in [2.24, 2.45) is 0 Å². The van der Waals surface area contributed by atoms with E-state index in [9.17, 15) is 4.79 Å². The summed E-state index contributed by atoms with van der Waals surface area (Å²) in [6, 6.07) is 10.9. The average Bonchev–Trinajstić information content (AvgIpc) is 3.65. The SMILES string of the molecule is CCOCOc1ccc(/C=C/C(=O)/C=C/c2ccc(OCC3CO3)c(OC)c2)cc1OC. The highest BCUT2D eigenvalue weighted by molar-refractivity contribution is 6.04. The highest BCUT2D eigenvalue weighted by Gasteiger charge is 2.23. The van der Waals surface area contributed by atoms with Gasteiger partial charge in [0, 0.05) is 6.61 Å². The van der Waals surface area contributed by atoms with Gasteiger partial charge < -0.3 is 28.4 Å². The number of epoxide rings is 1. The molecule has 0 amide bonds. The summed E-state index contributed by atoms with van der Waals surface area (Å²) in [4.78, 5) is 12.3. The molecule has 0 spiro atoms. The Hall–Kier alpha value is -3.29. The van der Waals surface area contributed by atoms with Gasteiger partial charge in [-0.05, 0) is 54.5 Å². The van der Waals surface area contributed by atoms with Gasteiger partial charge in [0.05, 0.1) is 20.8 Å². The van der Waals surface area contributed by atoms with Crippen LogP contribution in [0.15, 0.2) is 48.6 Å². The molecule has 1 saturated heterocycles. The van der Waals surface area contributed by atoms with Crippen LogP contribution in [0.4, 0.5) is 0 Å². The molecule has 1 atom stereocenters. The molecule has 0 N–H and O–H groups in total. The number of carbonyl (C=O) groups excluding carboxylic acids is 1. The lowest BCUT2D eigenvalue weighted by Gasteiger charge is -2.11. The first-order chi connectivity index (χ1) is 15.6. The third kappa shape index (κ3) is 7.14. The van der Waals surface area contributed by atoms with Crippen LogP contribution < -0.4 is 18.9 Å². The zero-order valence-corrected chi connectivity index (χ0v) is 18.5. The maximum absolute atomic E-state index is 12.3. The monoisotopic (exact) mass is 440 g/mol. The summed E-state index contributed by atoms with van der Waals surface area (Å²) in [6.07, 6.45) is 6.62. The molecular formula is C25H28O7. The number of ketones is 1. The zero-order chi connectivity index (χ0) is 22.8. The second-order valence-corrected chi connectivity index (χ2v) is 6.91. The molecule has 0 aliphatic carbocycles. The minimum absolute atomic E-state index is 0.147. The Morgan fingerprint density at radius 2 is 1.50 bits per heavy atom. The minimum Gasteiger partial charge on any atom is -0.493 e. The molecule has 1 unspecified atom stereocenters. The summed E-state index contributed by atoms with van der Waals surface area (Å²) in [6.45, 7) is 3.85. The van der Waals surface area contributed by atoms with E-state index in [1.807, 2.05) is 31.2 Å². The summed E-state index contributed by atoms with van der Waals surface area (Å²) in [5.41, 5.74) is 1.64. The molecule has 0 aromatic heterocycles. The van der Waals surface area contributed by atoms with E-state index in [1.54, 1.807) is 38.5 Å². The van der Waals surface area contributed by atoms with Crippen molar-refractivity contribution in [2.75, 3.05) is 40.8 Å². The van der Waals surface area contributed by atoms with Crippen LogP contribution in [0.2, 0.25) is 0 Å². The Balaban J connectivity index is 1.59. The number of rotatable bonds is 13. The van der Waals surface area contributed by atoms with Crippen molar-refractivity contribution in [3.05, 3.63) is 59.7 Å². The highest BCUT2D eigenvalue weighted by Crippen LogP contribution is 2.30. The van der Waals surface area contributed by atoms with Crippen molar-refractivity contribution in [1.29, 1.82) is 0 Å². The lowest BCUT2D eigenvalue weighted by Crippen LogP contribution is -2.05. The Morgan fingerprint density at radius 3 is 2.00 bits per heavy atom. The molecule has 1 aliphatic rings. The van der Waals surface area contributed by atoms with Gasteiger partial charge in [0.15, 0.2) is 35.6 Å². The van der Waals surface area contributed by atoms with Gasteiger partial charge in [0.25, 0.3) is 0 Å². The van der Waals surface area contributed by atoms with E-state index < -0.39 is 0 Å². The van der Waals surface area contributed by atoms with Crippen LogP contribution in [0.1, 0.15) is 18.1 Å². The first kappa shape index (κ1) is 23.4. The Kier molecular flexibility index (Phi) is 8.71. The van der Waals surface area contributed by atoms with Gasteiger partial charge in [0.1, 0.15) is 12.7 Å². The predicted octanol–water partition coefficient (Wildman–Crippen LogP) is 4.15. The van der Waals surface area contributed by atoms with Gasteiger partial charge in [-0.2, -0.15) is 0 Å². The summed E-state index contributed by atoms with van der Waals surface area (Å²) >= 11 is 0. The number of hydrogen-bond acceptors (Lipinski definition) is 7. The van der Waals surface area contributed by atoms with Crippen LogP contribution in [0.25, 0.3) is 12.2 Å². The predicted molar refractivity (Wildman–Crippen MR) is 121 cm³/mol. The molecule has 7 nitrogen and oxygen atoms in total. The van der Waals surface area contributed by atoms with Gasteiger partial charge in [-0.1, -0.05) is 24.3 Å². The molecule has 2 aromatic carbocycles. The summed E-state index contributed by atoms with van der Waals surface area (Å²) in [7, 11) is 3.15. The summed E-state index contributed by atoms with van der Waals surface area (Å²) in [5, 5.41) is 0. The van der Waals surface area contributed by atoms with Gasteiger partial charge in [0.2, 0.25) is 0 Å². The largest absolute Gasteiger partial charge is 0.493 e. The maximum Gasteiger partial charge on any atom is 0.189 e. The fraction of sp³-hybridized carbons (Fsp3) is 0.320. The van der Waals surface area contributed by atoms with Crippen LogP contribution in [0, 0.1) is 0 Å². The topological polar surface area (TPSA) is 75.8 Å². The van der Waals surface area contributed by atoms with Crippen LogP contribution in [0.5, 0.6) is 23.0 Å². The Bertz CT molecular complexity index is 961. The van der Waals surface area contributed by atoms with E-state index in [0.717, 1.165) is 17.7 Å². The first-order valence-corrected chi connectivity index (χ1v) is 10.3. The number of allylic oxidation sites excluding steroid dienone is 2. The number of benzene rings is 2. The van der Waals surface area contributed by atoms with Crippen molar-refractivity contribution in [3.8, 4) is 23.0 Å². The number of hydrogen-bond donors (Lipinski definition) is 0. The smallest absolute Gasteiger partial charge is 0.189 e. The lowest BCUT2D eigenvalue weighted by atomic mass is 10.1. The summed E-state index contributed by atoms with van der Waals surface area (Å²) in [5.74, 6) is 2.25. The van der Waals surface area contributed by atoms with E-state index in [0.29, 0.717) is 36.2 Å². The second kappa shape index (κ2) is 11.9. The molecule has 1 heterocycles. The van der Waals surface area contributed by atoms with Crippen molar-refractivity contribution >= 4 is 17.9 Å². The van der Waals surface area contributed by atoms with E-state index >= 15 is 0 Å². The van der Waals surface area contributed by atoms with Gasteiger partial charge in [-0.25, -0.2) is 0 Å². The number of methoxy groups -OCH3 is 2. The van der Waals surface area contributed by atoms with Gasteiger partial charge in [-0.15, -0.1) is 0 Å². The van der Waals surface area contributed by atoms with E-state index in [2.05, 4.69) is 0 Å². The molecule has 2 aromatic rings. The maximum atomic E-state index is 12.3. The Morgan fingerprint density at radius 1 is 0.938 bits per heavy atom. The third-order valence-corrected chi connectivity index (χ3v) is 4.58. The Labute approximate surface area is 188 Å². The molecular weight excluding hydrogens is 412 g/mol. The number of ether oxygens (including phenoxy) is 6. The molecule has 32 heavy (non-hydrogen) atoms. The van der Waals surface area contributed by atoms with Crippen molar-refractivity contribution < 1.29 is 33.2 Å². The van der Waals surface area contributed by atoms with Gasteiger partial charge >= 0.3 is 0 Å². The van der Waals surface area contributed by atoms with E-state index in [1.165, 1.54) is 12.2 Å². The van der Waals surface area contributed by atoms with Crippen molar-refractivity contribution in [1.82, 2.24) is 0 Å². The van der Waals surface area contributed by atoms with E-state index in [-0.39, 0.29) is 18.7 Å². The number of carbonyl (C=O) groups is 1. The van der Waals surface area contributed by atoms with Gasteiger partial charge in [-0.3, -0.25) is 4.79 Å². The normalized spacial score (nSPS) is 15.2. The minimum atomic E-state index is -0.147. The average molecular weight is 440 g/mol. The fourth-order valence-corrected chi connectivity index (χ4v) is 2.76. The first-order valence-electron chi connectivity index (χ1n) is 10.3. The van der Waals surface area contributed by atoms with Crippen molar-refractivity contribution in [2.45, 2.75) is 13.0 Å². The van der Waals surface area contributed by atoms with E-state index in [4.69, 9.17) is 28.4 Å². The van der Waals surface area contributed by atoms with Crippen LogP contribution in [-0.4, -0.2) is 52.7 Å². The molecule has 1 fully saturated rings. The zero-order valence-electron chi connectivity index (χ0n) is 18.5. The van der Waals surface area contributed by atoms with Crippen LogP contribution >= 0.6 is 0 Å². The van der Waals surface area contributed by atoms with Crippen LogP contribution in [0.3, 0.4) is 0 Å². The molecule has 0 bridgehead atoms. The van der Waals surface area contributed by atoms with Crippen molar-refractivity contribution in [3.63, 3.8) is 0 Å². The molecule has 7 heteroatoms. The van der Waals surface area contributed by atoms with Crippen LogP contribution in [-0.2, 0) is 14.3 Å². The standard InChI is InChI=1S/C25H28O7/c1-4-29-17-32-23-12-8-19(14-25(23)28-3)6-10-20(26)9-5-18-7-11-22(24(13-18)27-2)31-16-21-15-30-21/h5-14,21H,4,15-17H2,1-3H3/b9-5+,10-6+. The lowest BCUT2D eigenvalue weighted by molar-refractivity contribution is -0.110. The highest BCUT2D eigenvalue weighted by atomic mass is 16.7. The quantitative estimate of drug-likeness (QED) is 0.200. The third-order valence-electron chi connectivity index (χ3n) is 4.58. The molecule has 3 rings (SSSR count). The molecule has 170 valence electrons. The fourth-order valence-electron chi connectivity index (χ4n) is 2.76. The second-order valence-electron chi connectivity index (χ2n) is 6.91. The molecule has 0 radical (unpaired) electrons. The molecule has 0 saturated carbocycles. The molecule has 1 aliphatic heterocycles. The summed E-state index contributed by atoms with van der Waals surface area (Å²) < 4.78 is 32.3.